The highest BCUT2D eigenvalue weighted by atomic mass is 19.1. The molecule has 0 radical (unpaired) electrons. The molecule has 190 valence electrons. The van der Waals surface area contributed by atoms with Crippen LogP contribution in [0.15, 0.2) is 60.8 Å². The maximum atomic E-state index is 13.2. The molecule has 0 aliphatic carbocycles. The summed E-state index contributed by atoms with van der Waals surface area (Å²) in [5, 5.41) is 5.95. The van der Waals surface area contributed by atoms with E-state index >= 15 is 0 Å². The highest BCUT2D eigenvalue weighted by molar-refractivity contribution is 5.91. The SMILES string of the molecule is CC1(C(=O)N2CCCC(c3nn(-c4ccc(Oc5ccc(F)cc5)cc4)c4c(N)nccc34)C2)COC1. The van der Waals surface area contributed by atoms with E-state index in [1.165, 1.54) is 12.1 Å². The van der Waals surface area contributed by atoms with E-state index in [-0.39, 0.29) is 17.6 Å². The second-order valence-corrected chi connectivity index (χ2v) is 10.1. The first kappa shape index (κ1) is 23.4. The molecule has 6 rings (SSSR count). The predicted molar refractivity (Wildman–Crippen MR) is 137 cm³/mol. The molecule has 1 unspecified atom stereocenters. The summed E-state index contributed by atoms with van der Waals surface area (Å²) in [5.41, 5.74) is 8.39. The van der Waals surface area contributed by atoms with Crippen LogP contribution in [0.5, 0.6) is 11.5 Å². The number of benzene rings is 2. The normalized spacial score (nSPS) is 19.0. The van der Waals surface area contributed by atoms with Gasteiger partial charge in [-0.15, -0.1) is 0 Å². The van der Waals surface area contributed by atoms with Gasteiger partial charge in [0.2, 0.25) is 5.91 Å². The molecule has 2 aromatic carbocycles. The molecule has 4 aromatic rings. The Bertz CT molecular complexity index is 1450. The smallest absolute Gasteiger partial charge is 0.233 e. The summed E-state index contributed by atoms with van der Waals surface area (Å²) in [6.45, 7) is 4.31. The predicted octanol–water partition coefficient (Wildman–Crippen LogP) is 4.68. The molecule has 1 atom stereocenters. The van der Waals surface area contributed by atoms with E-state index in [9.17, 15) is 9.18 Å². The van der Waals surface area contributed by atoms with Gasteiger partial charge >= 0.3 is 0 Å². The van der Waals surface area contributed by atoms with Crippen LogP contribution in [0, 0.1) is 11.2 Å². The van der Waals surface area contributed by atoms with E-state index in [4.69, 9.17) is 20.3 Å². The minimum absolute atomic E-state index is 0.0916. The van der Waals surface area contributed by atoms with Gasteiger partial charge < -0.3 is 20.1 Å². The average Bonchev–Trinajstić information content (AvgIpc) is 3.30. The van der Waals surface area contributed by atoms with Crippen molar-refractivity contribution < 1.29 is 18.7 Å². The number of nitrogens with two attached hydrogens (primary N) is 1. The molecular formula is C28H28FN5O3. The van der Waals surface area contributed by atoms with Crippen molar-refractivity contribution in [2.75, 3.05) is 32.0 Å². The molecule has 0 bridgehead atoms. The molecule has 4 heterocycles. The quantitative estimate of drug-likeness (QED) is 0.427. The van der Waals surface area contributed by atoms with Crippen LogP contribution >= 0.6 is 0 Å². The fourth-order valence-electron chi connectivity index (χ4n) is 5.19. The number of fused-ring (bicyclic) bond motifs is 1. The third kappa shape index (κ3) is 4.29. The lowest BCUT2D eigenvalue weighted by Gasteiger charge is -2.42. The van der Waals surface area contributed by atoms with Crippen LogP contribution in [0.3, 0.4) is 0 Å². The van der Waals surface area contributed by atoms with Crippen molar-refractivity contribution in [2.24, 2.45) is 5.41 Å². The van der Waals surface area contributed by atoms with Gasteiger partial charge in [0.25, 0.3) is 0 Å². The summed E-state index contributed by atoms with van der Waals surface area (Å²) >= 11 is 0. The number of aromatic nitrogens is 3. The third-order valence-corrected chi connectivity index (χ3v) is 7.23. The molecule has 9 heteroatoms. The molecule has 0 saturated carbocycles. The number of halogens is 1. The monoisotopic (exact) mass is 501 g/mol. The molecule has 2 aliphatic rings. The number of anilines is 1. The number of nitrogens with zero attached hydrogens (tertiary/aromatic N) is 4. The minimum Gasteiger partial charge on any atom is -0.457 e. The number of rotatable bonds is 5. The lowest BCUT2D eigenvalue weighted by molar-refractivity contribution is -0.169. The van der Waals surface area contributed by atoms with Gasteiger partial charge in [0.05, 0.1) is 30.0 Å². The number of likely N-dealkylation sites (tertiary alicyclic amines) is 1. The Morgan fingerprint density at radius 2 is 1.81 bits per heavy atom. The van der Waals surface area contributed by atoms with Gasteiger partial charge in [0, 0.05) is 30.6 Å². The Morgan fingerprint density at radius 3 is 2.49 bits per heavy atom. The first-order chi connectivity index (χ1) is 17.9. The molecule has 1 amide bonds. The van der Waals surface area contributed by atoms with Crippen LogP contribution in [-0.2, 0) is 9.53 Å². The molecule has 2 saturated heterocycles. The summed E-state index contributed by atoms with van der Waals surface area (Å²) in [7, 11) is 0. The lowest BCUT2D eigenvalue weighted by Crippen LogP contribution is -2.55. The molecule has 2 aliphatic heterocycles. The van der Waals surface area contributed by atoms with Crippen molar-refractivity contribution in [2.45, 2.75) is 25.7 Å². The Balaban J connectivity index is 1.30. The average molecular weight is 502 g/mol. The van der Waals surface area contributed by atoms with Gasteiger partial charge in [-0.1, -0.05) is 0 Å². The Kier molecular flexibility index (Phi) is 5.79. The first-order valence-corrected chi connectivity index (χ1v) is 12.5. The molecule has 2 N–H and O–H groups in total. The van der Waals surface area contributed by atoms with Crippen molar-refractivity contribution in [1.29, 1.82) is 0 Å². The summed E-state index contributed by atoms with van der Waals surface area (Å²) in [5.74, 6) is 1.50. The topological polar surface area (TPSA) is 95.5 Å². The number of piperidine rings is 1. The van der Waals surface area contributed by atoms with Gasteiger partial charge in [-0.25, -0.2) is 14.1 Å². The van der Waals surface area contributed by atoms with Crippen LogP contribution in [-0.4, -0.2) is 51.9 Å². The van der Waals surface area contributed by atoms with E-state index in [1.54, 1.807) is 18.3 Å². The van der Waals surface area contributed by atoms with E-state index in [0.717, 1.165) is 41.7 Å². The number of hydrogen-bond acceptors (Lipinski definition) is 6. The van der Waals surface area contributed by atoms with Crippen LogP contribution in [0.25, 0.3) is 16.6 Å². The summed E-state index contributed by atoms with van der Waals surface area (Å²) < 4.78 is 26.2. The highest BCUT2D eigenvalue weighted by Gasteiger charge is 2.44. The number of ether oxygens (including phenoxy) is 2. The van der Waals surface area contributed by atoms with Gasteiger partial charge in [-0.05, 0) is 74.4 Å². The van der Waals surface area contributed by atoms with E-state index in [0.29, 0.717) is 37.1 Å². The molecular weight excluding hydrogens is 473 g/mol. The summed E-state index contributed by atoms with van der Waals surface area (Å²) in [6, 6.07) is 15.3. The third-order valence-electron chi connectivity index (χ3n) is 7.23. The van der Waals surface area contributed by atoms with E-state index < -0.39 is 5.41 Å². The number of pyridine rings is 1. The zero-order valence-electron chi connectivity index (χ0n) is 20.6. The Hall–Kier alpha value is -3.98. The maximum absolute atomic E-state index is 13.2. The first-order valence-electron chi connectivity index (χ1n) is 12.5. The number of carbonyl (C=O) groups excluding carboxylic acids is 1. The van der Waals surface area contributed by atoms with Gasteiger partial charge in [-0.3, -0.25) is 4.79 Å². The molecule has 2 fully saturated rings. The van der Waals surface area contributed by atoms with Crippen molar-refractivity contribution in [3.05, 3.63) is 72.3 Å². The standard InChI is InChI=1S/C28H28FN5O3/c1-28(16-36-17-28)27(35)33-14-2-3-18(15-33)24-23-12-13-31-26(30)25(23)34(32-24)20-6-10-22(11-7-20)37-21-8-4-19(29)5-9-21/h4-13,18H,2-3,14-17H2,1H3,(H2,30,31). The fourth-order valence-corrected chi connectivity index (χ4v) is 5.19. The second-order valence-electron chi connectivity index (χ2n) is 10.1. The van der Waals surface area contributed by atoms with Gasteiger partial charge in [0.1, 0.15) is 28.7 Å². The molecule has 37 heavy (non-hydrogen) atoms. The van der Waals surface area contributed by atoms with Crippen molar-refractivity contribution in [3.8, 4) is 17.2 Å². The van der Waals surface area contributed by atoms with Crippen molar-refractivity contribution in [1.82, 2.24) is 19.7 Å². The minimum atomic E-state index is -0.421. The number of amides is 1. The number of nitrogen functional groups attached to an aromatic ring is 1. The van der Waals surface area contributed by atoms with E-state index in [1.807, 2.05) is 46.8 Å². The zero-order chi connectivity index (χ0) is 25.6. The van der Waals surface area contributed by atoms with Crippen LogP contribution in [0.2, 0.25) is 0 Å². The van der Waals surface area contributed by atoms with Crippen molar-refractivity contribution in [3.63, 3.8) is 0 Å². The Morgan fingerprint density at radius 1 is 1.11 bits per heavy atom. The van der Waals surface area contributed by atoms with Crippen molar-refractivity contribution >= 4 is 22.6 Å². The zero-order valence-corrected chi connectivity index (χ0v) is 20.6. The lowest BCUT2D eigenvalue weighted by atomic mass is 9.85. The maximum Gasteiger partial charge on any atom is 0.233 e. The number of carbonyl (C=O) groups is 1. The molecule has 8 nitrogen and oxygen atoms in total. The summed E-state index contributed by atoms with van der Waals surface area (Å²) in [4.78, 5) is 19.4. The molecule has 2 aromatic heterocycles. The largest absolute Gasteiger partial charge is 0.457 e. The van der Waals surface area contributed by atoms with E-state index in [2.05, 4.69) is 4.98 Å². The second kappa shape index (κ2) is 9.15. The molecule has 0 spiro atoms. The van der Waals surface area contributed by atoms with Gasteiger partial charge in [0.15, 0.2) is 0 Å². The fraction of sp³-hybridized carbons (Fsp3) is 0.321. The van der Waals surface area contributed by atoms with Crippen LogP contribution in [0.4, 0.5) is 10.2 Å². The van der Waals surface area contributed by atoms with Gasteiger partial charge in [-0.2, -0.15) is 5.10 Å². The summed E-state index contributed by atoms with van der Waals surface area (Å²) in [6.07, 6.45) is 3.55. The number of hydrogen-bond donors (Lipinski definition) is 1. The highest BCUT2D eigenvalue weighted by Crippen LogP contribution is 2.37. The van der Waals surface area contributed by atoms with Crippen LogP contribution in [0.1, 0.15) is 31.4 Å². The Labute approximate surface area is 213 Å². The van der Waals surface area contributed by atoms with Crippen LogP contribution < -0.4 is 10.5 Å².